The van der Waals surface area contributed by atoms with Gasteiger partial charge in [0.1, 0.15) is 5.69 Å². The number of nitro benzene ring substituents is 1. The molecule has 5 nitrogen and oxygen atoms in total. The summed E-state index contributed by atoms with van der Waals surface area (Å²) < 4.78 is 0. The summed E-state index contributed by atoms with van der Waals surface area (Å²) in [7, 11) is 0. The molecule has 0 amide bonds. The molecule has 0 aliphatic carbocycles. The summed E-state index contributed by atoms with van der Waals surface area (Å²) in [5.74, 6) is 0. The van der Waals surface area contributed by atoms with Crippen LogP contribution in [0.15, 0.2) is 18.2 Å². The minimum Gasteiger partial charge on any atom is -0.380 e. The number of nitrogens with one attached hydrogen (secondary N) is 1. The first-order valence-electron chi connectivity index (χ1n) is 6.87. The zero-order valence-electron chi connectivity index (χ0n) is 11.6. The number of hydrogen-bond donors (Lipinski definition) is 1. The van der Waals surface area contributed by atoms with E-state index in [1.807, 2.05) is 19.1 Å². The van der Waals surface area contributed by atoms with Gasteiger partial charge >= 0.3 is 0 Å². The van der Waals surface area contributed by atoms with Crippen molar-refractivity contribution in [2.24, 2.45) is 0 Å². The normalized spacial score (nSPS) is 19.6. The Kier molecular flexibility index (Phi) is 4.37. The van der Waals surface area contributed by atoms with E-state index in [2.05, 4.69) is 17.1 Å². The van der Waals surface area contributed by atoms with E-state index in [9.17, 15) is 10.1 Å². The van der Waals surface area contributed by atoms with Crippen molar-refractivity contribution in [3.8, 4) is 0 Å². The van der Waals surface area contributed by atoms with Crippen molar-refractivity contribution in [2.75, 3.05) is 18.4 Å². The van der Waals surface area contributed by atoms with Crippen molar-refractivity contribution in [3.63, 3.8) is 0 Å². The largest absolute Gasteiger partial charge is 0.380 e. The molecule has 0 radical (unpaired) electrons. The Labute approximate surface area is 113 Å². The van der Waals surface area contributed by atoms with Gasteiger partial charge in [0.25, 0.3) is 5.69 Å². The van der Waals surface area contributed by atoms with Crippen molar-refractivity contribution in [1.82, 2.24) is 4.90 Å². The van der Waals surface area contributed by atoms with Gasteiger partial charge in [0.15, 0.2) is 0 Å². The van der Waals surface area contributed by atoms with Gasteiger partial charge in [-0.25, -0.2) is 0 Å². The van der Waals surface area contributed by atoms with Crippen molar-refractivity contribution in [2.45, 2.75) is 39.3 Å². The third-order valence-corrected chi connectivity index (χ3v) is 3.70. The quantitative estimate of drug-likeness (QED) is 0.655. The maximum absolute atomic E-state index is 11.1. The summed E-state index contributed by atoms with van der Waals surface area (Å²) in [4.78, 5) is 13.2. The molecule has 0 bridgehead atoms. The highest BCUT2D eigenvalue weighted by molar-refractivity contribution is 5.62. The van der Waals surface area contributed by atoms with Crippen molar-refractivity contribution in [3.05, 3.63) is 33.9 Å². The van der Waals surface area contributed by atoms with Gasteiger partial charge in [-0.2, -0.15) is 0 Å². The summed E-state index contributed by atoms with van der Waals surface area (Å²) in [6.07, 6.45) is 2.44. The summed E-state index contributed by atoms with van der Waals surface area (Å²) in [5, 5.41) is 14.1. The number of anilines is 1. The Hall–Kier alpha value is -1.62. The molecular weight excluding hydrogens is 242 g/mol. The van der Waals surface area contributed by atoms with Crippen LogP contribution in [0.1, 0.15) is 32.3 Å². The number of nitrogens with zero attached hydrogens (tertiary/aromatic N) is 2. The highest BCUT2D eigenvalue weighted by Crippen LogP contribution is 2.27. The van der Waals surface area contributed by atoms with Crippen LogP contribution in [-0.4, -0.2) is 29.0 Å². The highest BCUT2D eigenvalue weighted by atomic mass is 16.6. The van der Waals surface area contributed by atoms with E-state index in [1.54, 1.807) is 6.07 Å². The van der Waals surface area contributed by atoms with E-state index in [0.29, 0.717) is 18.3 Å². The second kappa shape index (κ2) is 6.02. The van der Waals surface area contributed by atoms with E-state index in [1.165, 1.54) is 12.8 Å². The smallest absolute Gasteiger partial charge is 0.292 e. The zero-order valence-corrected chi connectivity index (χ0v) is 11.6. The fourth-order valence-electron chi connectivity index (χ4n) is 2.63. The molecule has 5 heteroatoms. The lowest BCUT2D eigenvalue weighted by molar-refractivity contribution is -0.384. The lowest BCUT2D eigenvalue weighted by Crippen LogP contribution is -2.26. The lowest BCUT2D eigenvalue weighted by Gasteiger charge is -2.21. The number of benzene rings is 1. The van der Waals surface area contributed by atoms with Crippen LogP contribution in [-0.2, 0) is 6.54 Å². The molecule has 1 atom stereocenters. The van der Waals surface area contributed by atoms with Gasteiger partial charge in [-0.05, 0) is 44.9 Å². The minimum absolute atomic E-state index is 0.172. The number of likely N-dealkylation sites (tertiary alicyclic amines) is 1. The SMILES string of the molecule is CCNc1ccc(CN2CCCC2C)cc1[N+](=O)[O-]. The summed E-state index contributed by atoms with van der Waals surface area (Å²) in [5.41, 5.74) is 1.79. The zero-order chi connectivity index (χ0) is 13.8. The monoisotopic (exact) mass is 263 g/mol. The number of rotatable bonds is 5. The molecule has 2 rings (SSSR count). The maximum Gasteiger partial charge on any atom is 0.292 e. The van der Waals surface area contributed by atoms with Gasteiger partial charge in [0.2, 0.25) is 0 Å². The second-order valence-corrected chi connectivity index (χ2v) is 5.10. The summed E-state index contributed by atoms with van der Waals surface area (Å²) in [6.45, 7) is 6.72. The van der Waals surface area contributed by atoms with Gasteiger partial charge in [-0.1, -0.05) is 6.07 Å². The average Bonchev–Trinajstić information content (AvgIpc) is 2.77. The van der Waals surface area contributed by atoms with Gasteiger partial charge < -0.3 is 5.32 Å². The molecule has 19 heavy (non-hydrogen) atoms. The standard InChI is InChI=1S/C14H21N3O2/c1-3-15-13-7-6-12(9-14(13)17(18)19)10-16-8-4-5-11(16)2/h6-7,9,11,15H,3-5,8,10H2,1-2H3. The van der Waals surface area contributed by atoms with Crippen LogP contribution in [0.4, 0.5) is 11.4 Å². The van der Waals surface area contributed by atoms with Crippen molar-refractivity contribution >= 4 is 11.4 Å². The Morgan fingerprint density at radius 3 is 2.89 bits per heavy atom. The van der Waals surface area contributed by atoms with Crippen LogP contribution in [0.3, 0.4) is 0 Å². The number of nitro groups is 1. The first-order chi connectivity index (χ1) is 9.11. The molecule has 1 aliphatic heterocycles. The molecule has 0 aromatic heterocycles. The van der Waals surface area contributed by atoms with E-state index in [0.717, 1.165) is 18.7 Å². The van der Waals surface area contributed by atoms with Crippen LogP contribution in [0.25, 0.3) is 0 Å². The molecule has 1 aromatic carbocycles. The van der Waals surface area contributed by atoms with Gasteiger partial charge in [-0.15, -0.1) is 0 Å². The van der Waals surface area contributed by atoms with Gasteiger partial charge in [-0.3, -0.25) is 15.0 Å². The second-order valence-electron chi connectivity index (χ2n) is 5.10. The van der Waals surface area contributed by atoms with E-state index < -0.39 is 0 Å². The minimum atomic E-state index is -0.311. The molecule has 0 saturated carbocycles. The fraction of sp³-hybridized carbons (Fsp3) is 0.571. The van der Waals surface area contributed by atoms with Crippen molar-refractivity contribution in [1.29, 1.82) is 0 Å². The van der Waals surface area contributed by atoms with E-state index in [4.69, 9.17) is 0 Å². The van der Waals surface area contributed by atoms with E-state index >= 15 is 0 Å². The summed E-state index contributed by atoms with van der Waals surface area (Å²) in [6, 6.07) is 6.07. The van der Waals surface area contributed by atoms with Gasteiger partial charge in [0.05, 0.1) is 4.92 Å². The Morgan fingerprint density at radius 1 is 1.53 bits per heavy atom. The van der Waals surface area contributed by atoms with Crippen LogP contribution in [0, 0.1) is 10.1 Å². The fourth-order valence-corrected chi connectivity index (χ4v) is 2.63. The predicted molar refractivity (Wildman–Crippen MR) is 76.4 cm³/mol. The third-order valence-electron chi connectivity index (χ3n) is 3.70. The molecule has 1 N–H and O–H groups in total. The van der Waals surface area contributed by atoms with Crippen molar-refractivity contribution < 1.29 is 4.92 Å². The van der Waals surface area contributed by atoms with Crippen LogP contribution in [0.2, 0.25) is 0 Å². The summed E-state index contributed by atoms with van der Waals surface area (Å²) >= 11 is 0. The molecule has 104 valence electrons. The Bertz CT molecular complexity index is 462. The molecule has 1 aliphatic rings. The molecule has 1 heterocycles. The topological polar surface area (TPSA) is 58.4 Å². The molecule has 1 fully saturated rings. The van der Waals surface area contributed by atoms with Crippen LogP contribution >= 0.6 is 0 Å². The number of hydrogen-bond acceptors (Lipinski definition) is 4. The van der Waals surface area contributed by atoms with Gasteiger partial charge in [0, 0.05) is 25.2 Å². The Balaban J connectivity index is 2.17. The molecule has 1 saturated heterocycles. The molecule has 1 unspecified atom stereocenters. The van der Waals surface area contributed by atoms with E-state index in [-0.39, 0.29) is 10.6 Å². The van der Waals surface area contributed by atoms with Crippen LogP contribution < -0.4 is 5.32 Å². The highest BCUT2D eigenvalue weighted by Gasteiger charge is 2.21. The first kappa shape index (κ1) is 13.8. The third kappa shape index (κ3) is 3.23. The first-order valence-corrected chi connectivity index (χ1v) is 6.87. The molecule has 1 aromatic rings. The maximum atomic E-state index is 11.1. The average molecular weight is 263 g/mol. The molecule has 0 spiro atoms. The predicted octanol–water partition coefficient (Wildman–Crippen LogP) is 3.01. The van der Waals surface area contributed by atoms with Crippen LogP contribution in [0.5, 0.6) is 0 Å². The molecular formula is C14H21N3O2. The Morgan fingerprint density at radius 2 is 2.32 bits per heavy atom. The lowest BCUT2D eigenvalue weighted by atomic mass is 10.1.